The Balaban J connectivity index is 1.90. The number of amides is 2. The monoisotopic (exact) mass is 368 g/mol. The van der Waals surface area contributed by atoms with Gasteiger partial charge in [-0.15, -0.1) is 0 Å². The molecule has 2 N–H and O–H groups in total. The van der Waals surface area contributed by atoms with E-state index in [9.17, 15) is 18.0 Å². The second-order valence-corrected chi connectivity index (χ2v) is 5.46. The van der Waals surface area contributed by atoms with E-state index in [2.05, 4.69) is 10.6 Å². The maximum atomic E-state index is 12.7. The smallest absolute Gasteiger partial charge is 0.416 e. The molecule has 0 unspecified atom stereocenters. The highest BCUT2D eigenvalue weighted by molar-refractivity contribution is 5.73. The van der Waals surface area contributed by atoms with Crippen LogP contribution in [0, 0.1) is 0 Å². The summed E-state index contributed by atoms with van der Waals surface area (Å²) in [6, 6.07) is 9.52. The van der Waals surface area contributed by atoms with Crippen molar-refractivity contribution in [3.05, 3.63) is 59.2 Å². The Kier molecular flexibility index (Phi) is 6.32. The van der Waals surface area contributed by atoms with Crippen molar-refractivity contribution in [2.75, 3.05) is 14.2 Å². The molecular weight excluding hydrogens is 349 g/mol. The molecule has 0 spiro atoms. The molecule has 0 bridgehead atoms. The molecule has 0 aliphatic carbocycles. The SMILES string of the molecule is COc1cc(CNC(=O)NCc2cccc(C(F)(F)F)c2)cc(OC)c1. The Morgan fingerprint density at radius 2 is 1.50 bits per heavy atom. The van der Waals surface area contributed by atoms with Crippen molar-refractivity contribution in [3.8, 4) is 11.5 Å². The van der Waals surface area contributed by atoms with Crippen molar-refractivity contribution < 1.29 is 27.4 Å². The average molecular weight is 368 g/mol. The quantitative estimate of drug-likeness (QED) is 0.817. The third-order valence-corrected chi connectivity index (χ3v) is 3.57. The molecule has 0 radical (unpaired) electrons. The Bertz CT molecular complexity index is 741. The Morgan fingerprint density at radius 1 is 0.923 bits per heavy atom. The van der Waals surface area contributed by atoms with Crippen LogP contribution >= 0.6 is 0 Å². The van der Waals surface area contributed by atoms with E-state index in [1.54, 1.807) is 18.2 Å². The summed E-state index contributed by atoms with van der Waals surface area (Å²) < 4.78 is 48.3. The minimum absolute atomic E-state index is 0.0167. The van der Waals surface area contributed by atoms with Gasteiger partial charge in [0.2, 0.25) is 0 Å². The molecule has 0 heterocycles. The van der Waals surface area contributed by atoms with E-state index in [1.807, 2.05) is 0 Å². The molecule has 2 aromatic carbocycles. The summed E-state index contributed by atoms with van der Waals surface area (Å²) in [6.07, 6.45) is -4.41. The van der Waals surface area contributed by atoms with Crippen LogP contribution < -0.4 is 20.1 Å². The van der Waals surface area contributed by atoms with Crippen LogP contribution in [-0.2, 0) is 19.3 Å². The number of hydrogen-bond donors (Lipinski definition) is 2. The number of halogens is 3. The normalized spacial score (nSPS) is 11.0. The van der Waals surface area contributed by atoms with E-state index in [1.165, 1.54) is 26.4 Å². The zero-order chi connectivity index (χ0) is 19.2. The largest absolute Gasteiger partial charge is 0.497 e. The van der Waals surface area contributed by atoms with Crippen LogP contribution in [0.3, 0.4) is 0 Å². The summed E-state index contributed by atoms with van der Waals surface area (Å²) >= 11 is 0. The lowest BCUT2D eigenvalue weighted by molar-refractivity contribution is -0.137. The van der Waals surface area contributed by atoms with Crippen molar-refractivity contribution >= 4 is 6.03 Å². The number of rotatable bonds is 6. The first kappa shape index (κ1) is 19.4. The van der Waals surface area contributed by atoms with Gasteiger partial charge in [-0.25, -0.2) is 4.79 Å². The third kappa shape index (κ3) is 5.58. The summed E-state index contributed by atoms with van der Waals surface area (Å²) in [7, 11) is 3.04. The fraction of sp³-hybridized carbons (Fsp3) is 0.278. The van der Waals surface area contributed by atoms with Gasteiger partial charge >= 0.3 is 12.2 Å². The van der Waals surface area contributed by atoms with E-state index >= 15 is 0 Å². The van der Waals surface area contributed by atoms with Crippen molar-refractivity contribution in [1.29, 1.82) is 0 Å². The number of hydrogen-bond acceptors (Lipinski definition) is 3. The fourth-order valence-corrected chi connectivity index (χ4v) is 2.25. The summed E-state index contributed by atoms with van der Waals surface area (Å²) in [5.41, 5.74) is 0.370. The molecule has 5 nitrogen and oxygen atoms in total. The average Bonchev–Trinajstić information content (AvgIpc) is 2.63. The van der Waals surface area contributed by atoms with Gasteiger partial charge in [-0.05, 0) is 35.4 Å². The zero-order valence-corrected chi connectivity index (χ0v) is 14.3. The van der Waals surface area contributed by atoms with Gasteiger partial charge in [-0.1, -0.05) is 12.1 Å². The van der Waals surface area contributed by atoms with Gasteiger partial charge < -0.3 is 20.1 Å². The van der Waals surface area contributed by atoms with Crippen molar-refractivity contribution in [2.45, 2.75) is 19.3 Å². The maximum absolute atomic E-state index is 12.7. The number of carbonyl (C=O) groups excluding carboxylic acids is 1. The lowest BCUT2D eigenvalue weighted by atomic mass is 10.1. The number of nitrogens with one attached hydrogen (secondary N) is 2. The molecule has 0 saturated heterocycles. The van der Waals surface area contributed by atoms with Crippen molar-refractivity contribution in [1.82, 2.24) is 10.6 Å². The van der Waals surface area contributed by atoms with E-state index < -0.39 is 17.8 Å². The minimum Gasteiger partial charge on any atom is -0.497 e. The fourth-order valence-electron chi connectivity index (χ4n) is 2.25. The Morgan fingerprint density at radius 3 is 2.04 bits per heavy atom. The summed E-state index contributed by atoms with van der Waals surface area (Å²) in [4.78, 5) is 11.9. The molecule has 0 aliphatic rings. The van der Waals surface area contributed by atoms with Crippen LogP contribution in [-0.4, -0.2) is 20.3 Å². The molecule has 8 heteroatoms. The second-order valence-electron chi connectivity index (χ2n) is 5.46. The zero-order valence-electron chi connectivity index (χ0n) is 14.3. The number of benzene rings is 2. The first-order chi connectivity index (χ1) is 12.3. The van der Waals surface area contributed by atoms with E-state index in [-0.39, 0.29) is 13.1 Å². The van der Waals surface area contributed by atoms with Crippen molar-refractivity contribution in [2.24, 2.45) is 0 Å². The van der Waals surface area contributed by atoms with Crippen LogP contribution in [0.2, 0.25) is 0 Å². The first-order valence-electron chi connectivity index (χ1n) is 7.71. The number of methoxy groups -OCH3 is 2. The molecule has 2 rings (SSSR count). The van der Waals surface area contributed by atoms with Crippen LogP contribution in [0.25, 0.3) is 0 Å². The highest BCUT2D eigenvalue weighted by Crippen LogP contribution is 2.29. The summed E-state index contributed by atoms with van der Waals surface area (Å²) in [5, 5.41) is 5.16. The molecule has 0 fully saturated rings. The highest BCUT2D eigenvalue weighted by Gasteiger charge is 2.30. The second kappa shape index (κ2) is 8.46. The number of ether oxygens (including phenoxy) is 2. The Labute approximate surface area is 149 Å². The lowest BCUT2D eigenvalue weighted by Crippen LogP contribution is -2.34. The van der Waals surface area contributed by atoms with Crippen LogP contribution in [0.4, 0.5) is 18.0 Å². The van der Waals surface area contributed by atoms with Crippen LogP contribution in [0.15, 0.2) is 42.5 Å². The van der Waals surface area contributed by atoms with E-state index in [4.69, 9.17) is 9.47 Å². The maximum Gasteiger partial charge on any atom is 0.416 e. The molecular formula is C18H19F3N2O3. The van der Waals surface area contributed by atoms with Gasteiger partial charge in [0, 0.05) is 19.2 Å². The topological polar surface area (TPSA) is 59.6 Å². The van der Waals surface area contributed by atoms with E-state index in [0.29, 0.717) is 17.1 Å². The third-order valence-electron chi connectivity index (χ3n) is 3.57. The standard InChI is InChI=1S/C18H19F3N2O3/c1-25-15-7-13(8-16(9-15)26-2)11-23-17(24)22-10-12-4-3-5-14(6-12)18(19,20)21/h3-9H,10-11H2,1-2H3,(H2,22,23,24). The number of alkyl halides is 3. The van der Waals surface area contributed by atoms with Crippen LogP contribution in [0.1, 0.15) is 16.7 Å². The molecule has 0 aliphatic heterocycles. The van der Waals surface area contributed by atoms with Gasteiger partial charge in [-0.2, -0.15) is 13.2 Å². The van der Waals surface area contributed by atoms with Gasteiger partial charge in [0.15, 0.2) is 0 Å². The minimum atomic E-state index is -4.41. The first-order valence-corrected chi connectivity index (χ1v) is 7.71. The number of urea groups is 1. The van der Waals surface area contributed by atoms with Crippen LogP contribution in [0.5, 0.6) is 11.5 Å². The predicted molar refractivity (Wildman–Crippen MR) is 90.1 cm³/mol. The van der Waals surface area contributed by atoms with Gasteiger partial charge in [0.25, 0.3) is 0 Å². The molecule has 0 atom stereocenters. The Hall–Kier alpha value is -2.90. The molecule has 2 aromatic rings. The van der Waals surface area contributed by atoms with E-state index in [0.717, 1.165) is 17.7 Å². The number of carbonyl (C=O) groups is 1. The molecule has 0 aromatic heterocycles. The lowest BCUT2D eigenvalue weighted by Gasteiger charge is -2.11. The van der Waals surface area contributed by atoms with Gasteiger partial charge in [-0.3, -0.25) is 0 Å². The molecule has 140 valence electrons. The summed E-state index contributed by atoms with van der Waals surface area (Å²) in [6.45, 7) is 0.194. The summed E-state index contributed by atoms with van der Waals surface area (Å²) in [5.74, 6) is 1.18. The molecule has 26 heavy (non-hydrogen) atoms. The highest BCUT2D eigenvalue weighted by atomic mass is 19.4. The van der Waals surface area contributed by atoms with Gasteiger partial charge in [0.1, 0.15) is 11.5 Å². The molecule has 0 saturated carbocycles. The van der Waals surface area contributed by atoms with Gasteiger partial charge in [0.05, 0.1) is 19.8 Å². The molecule has 2 amide bonds. The predicted octanol–water partition coefficient (Wildman–Crippen LogP) is 3.72. The van der Waals surface area contributed by atoms with Crippen molar-refractivity contribution in [3.63, 3.8) is 0 Å².